The summed E-state index contributed by atoms with van der Waals surface area (Å²) in [6.45, 7) is 10.00. The van der Waals surface area contributed by atoms with Crippen LogP contribution in [0.4, 0.5) is 0 Å². The van der Waals surface area contributed by atoms with E-state index in [0.29, 0.717) is 6.61 Å². The maximum atomic E-state index is 12.9. The van der Waals surface area contributed by atoms with Gasteiger partial charge in [-0.05, 0) is 18.4 Å². The molecule has 1 N–H and O–H groups in total. The molecule has 4 nitrogen and oxygen atoms in total. The van der Waals surface area contributed by atoms with Crippen LogP contribution < -0.4 is 5.32 Å². The number of nitrogens with zero attached hydrogens (tertiary/aromatic N) is 1. The van der Waals surface area contributed by atoms with E-state index in [1.165, 1.54) is 0 Å². The van der Waals surface area contributed by atoms with Crippen molar-refractivity contribution in [1.82, 2.24) is 10.2 Å². The molecule has 0 aliphatic carbocycles. The molecule has 1 fully saturated rings. The first-order valence-corrected chi connectivity index (χ1v) is 7.82. The van der Waals surface area contributed by atoms with Crippen LogP contribution in [-0.4, -0.2) is 43.7 Å². The van der Waals surface area contributed by atoms with Gasteiger partial charge in [0, 0.05) is 26.2 Å². The number of hydrogen-bond donors (Lipinski definition) is 1. The van der Waals surface area contributed by atoms with Gasteiger partial charge in [0.15, 0.2) is 0 Å². The molecule has 0 saturated carbocycles. The summed E-state index contributed by atoms with van der Waals surface area (Å²) in [5.41, 5.74) is 0.333. The Hall–Kier alpha value is -1.39. The smallest absolute Gasteiger partial charge is 0.331 e. The summed E-state index contributed by atoms with van der Waals surface area (Å²) in [4.78, 5) is 15.2. The monoisotopic (exact) mass is 290 g/mol. The van der Waals surface area contributed by atoms with E-state index >= 15 is 0 Å². The summed E-state index contributed by atoms with van der Waals surface area (Å²) in [5.74, 6) is 0.00477. The fourth-order valence-corrected chi connectivity index (χ4v) is 3.31. The largest absolute Gasteiger partial charge is 0.464 e. The van der Waals surface area contributed by atoms with Gasteiger partial charge < -0.3 is 10.1 Å². The number of benzene rings is 1. The molecule has 21 heavy (non-hydrogen) atoms. The average molecular weight is 290 g/mol. The zero-order valence-electron chi connectivity index (χ0n) is 13.3. The van der Waals surface area contributed by atoms with Crippen LogP contribution in [0.15, 0.2) is 30.3 Å². The van der Waals surface area contributed by atoms with Gasteiger partial charge in [0.05, 0.1) is 6.61 Å². The molecule has 0 aromatic heterocycles. The Morgan fingerprint density at radius 1 is 1.29 bits per heavy atom. The van der Waals surface area contributed by atoms with E-state index in [0.717, 1.165) is 31.7 Å². The fraction of sp³-hybridized carbons (Fsp3) is 0.588. The van der Waals surface area contributed by atoms with Gasteiger partial charge in [-0.15, -0.1) is 0 Å². The van der Waals surface area contributed by atoms with Crippen LogP contribution >= 0.6 is 0 Å². The van der Waals surface area contributed by atoms with E-state index in [2.05, 4.69) is 24.1 Å². The molecule has 0 radical (unpaired) electrons. The molecule has 1 unspecified atom stereocenters. The van der Waals surface area contributed by atoms with E-state index in [1.807, 2.05) is 37.3 Å². The molecule has 1 aliphatic heterocycles. The summed E-state index contributed by atoms with van der Waals surface area (Å²) in [6.07, 6.45) is 0. The molecular weight excluding hydrogens is 264 g/mol. The van der Waals surface area contributed by atoms with Crippen molar-refractivity contribution in [3.8, 4) is 0 Å². The Balaban J connectivity index is 2.51. The van der Waals surface area contributed by atoms with Crippen molar-refractivity contribution < 1.29 is 9.53 Å². The third-order valence-corrected chi connectivity index (χ3v) is 4.25. The summed E-state index contributed by atoms with van der Waals surface area (Å²) in [6, 6.07) is 10.1. The zero-order valence-corrected chi connectivity index (χ0v) is 13.3. The van der Waals surface area contributed by atoms with E-state index in [9.17, 15) is 4.79 Å². The quantitative estimate of drug-likeness (QED) is 0.842. The third-order valence-electron chi connectivity index (χ3n) is 4.25. The molecular formula is C17H26N2O2. The molecule has 0 amide bonds. The molecule has 2 rings (SSSR count). The predicted molar refractivity (Wildman–Crippen MR) is 84.0 cm³/mol. The predicted octanol–water partition coefficient (Wildman–Crippen LogP) is 2.01. The Kier molecular flexibility index (Phi) is 5.37. The zero-order chi connectivity index (χ0) is 15.3. The van der Waals surface area contributed by atoms with Gasteiger partial charge in [-0.1, -0.05) is 44.2 Å². The summed E-state index contributed by atoms with van der Waals surface area (Å²) < 4.78 is 5.48. The first kappa shape index (κ1) is 16.0. The lowest BCUT2D eigenvalue weighted by Crippen LogP contribution is -2.61. The Morgan fingerprint density at radius 3 is 2.43 bits per heavy atom. The molecule has 1 aromatic carbocycles. The van der Waals surface area contributed by atoms with Gasteiger partial charge in [-0.25, -0.2) is 4.79 Å². The molecule has 0 bridgehead atoms. The topological polar surface area (TPSA) is 41.6 Å². The maximum Gasteiger partial charge on any atom is 0.331 e. The van der Waals surface area contributed by atoms with Crippen molar-refractivity contribution in [2.24, 2.45) is 5.92 Å². The van der Waals surface area contributed by atoms with Gasteiger partial charge in [0.25, 0.3) is 0 Å². The highest BCUT2D eigenvalue weighted by molar-refractivity contribution is 5.83. The molecule has 116 valence electrons. The summed E-state index contributed by atoms with van der Waals surface area (Å²) >= 11 is 0. The van der Waals surface area contributed by atoms with E-state index < -0.39 is 5.54 Å². The minimum absolute atomic E-state index is 0.131. The van der Waals surface area contributed by atoms with Crippen molar-refractivity contribution in [1.29, 1.82) is 0 Å². The molecule has 1 heterocycles. The molecule has 1 atom stereocenters. The second-order valence-electron chi connectivity index (χ2n) is 5.74. The van der Waals surface area contributed by atoms with E-state index in [1.54, 1.807) is 0 Å². The Bertz CT molecular complexity index is 455. The Morgan fingerprint density at radius 2 is 1.90 bits per heavy atom. The highest BCUT2D eigenvalue weighted by Gasteiger charge is 2.49. The SMILES string of the molecule is CCOC(=O)C(c1ccccc1)(C(C)C)N1CCNCC1. The first-order chi connectivity index (χ1) is 10.1. The van der Waals surface area contributed by atoms with E-state index in [-0.39, 0.29) is 11.9 Å². The standard InChI is InChI=1S/C17H26N2O2/c1-4-21-16(20)17(14(2)3,15-8-6-5-7-9-15)19-12-10-18-11-13-19/h5-9,14,18H,4,10-13H2,1-3H3. The van der Waals surface area contributed by atoms with Crippen LogP contribution in [0, 0.1) is 5.92 Å². The number of esters is 1. The number of piperazine rings is 1. The second kappa shape index (κ2) is 7.05. The van der Waals surface area contributed by atoms with Gasteiger partial charge in [0.2, 0.25) is 0 Å². The number of carbonyl (C=O) groups is 1. The minimum atomic E-state index is -0.695. The van der Waals surface area contributed by atoms with Crippen LogP contribution in [0.1, 0.15) is 26.3 Å². The number of ether oxygens (including phenoxy) is 1. The van der Waals surface area contributed by atoms with Crippen LogP contribution in [0.2, 0.25) is 0 Å². The van der Waals surface area contributed by atoms with Crippen LogP contribution in [-0.2, 0) is 15.1 Å². The van der Waals surface area contributed by atoms with Crippen LogP contribution in [0.3, 0.4) is 0 Å². The Labute approximate surface area is 127 Å². The van der Waals surface area contributed by atoms with E-state index in [4.69, 9.17) is 4.74 Å². The van der Waals surface area contributed by atoms with Gasteiger partial charge in [0.1, 0.15) is 5.54 Å². The lowest BCUT2D eigenvalue weighted by molar-refractivity contribution is -0.163. The first-order valence-electron chi connectivity index (χ1n) is 7.82. The highest BCUT2D eigenvalue weighted by atomic mass is 16.5. The molecule has 0 spiro atoms. The van der Waals surface area contributed by atoms with Crippen molar-refractivity contribution in [3.05, 3.63) is 35.9 Å². The van der Waals surface area contributed by atoms with Gasteiger partial charge >= 0.3 is 5.97 Å². The number of carbonyl (C=O) groups excluding carboxylic acids is 1. The highest BCUT2D eigenvalue weighted by Crippen LogP contribution is 2.37. The molecule has 4 heteroatoms. The number of hydrogen-bond acceptors (Lipinski definition) is 4. The molecule has 1 aliphatic rings. The fourth-order valence-electron chi connectivity index (χ4n) is 3.31. The summed E-state index contributed by atoms with van der Waals surface area (Å²) in [7, 11) is 0. The van der Waals surface area contributed by atoms with Crippen molar-refractivity contribution in [2.45, 2.75) is 26.3 Å². The van der Waals surface area contributed by atoms with Crippen molar-refractivity contribution in [3.63, 3.8) is 0 Å². The average Bonchev–Trinajstić information content (AvgIpc) is 2.50. The van der Waals surface area contributed by atoms with Crippen LogP contribution in [0.25, 0.3) is 0 Å². The normalized spacial score (nSPS) is 19.2. The van der Waals surface area contributed by atoms with Crippen LogP contribution in [0.5, 0.6) is 0 Å². The molecule has 1 aromatic rings. The maximum absolute atomic E-state index is 12.9. The van der Waals surface area contributed by atoms with Crippen molar-refractivity contribution >= 4 is 5.97 Å². The number of nitrogens with one attached hydrogen (secondary N) is 1. The lowest BCUT2D eigenvalue weighted by Gasteiger charge is -2.46. The third kappa shape index (κ3) is 2.97. The van der Waals surface area contributed by atoms with Crippen molar-refractivity contribution in [2.75, 3.05) is 32.8 Å². The molecule has 1 saturated heterocycles. The minimum Gasteiger partial charge on any atom is -0.464 e. The lowest BCUT2D eigenvalue weighted by atomic mass is 9.77. The second-order valence-corrected chi connectivity index (χ2v) is 5.74. The van der Waals surface area contributed by atoms with Gasteiger partial charge in [-0.2, -0.15) is 0 Å². The van der Waals surface area contributed by atoms with Gasteiger partial charge in [-0.3, -0.25) is 4.90 Å². The number of rotatable bonds is 5. The summed E-state index contributed by atoms with van der Waals surface area (Å²) in [5, 5.41) is 3.35.